The summed E-state index contributed by atoms with van der Waals surface area (Å²) >= 11 is 0. The van der Waals surface area contributed by atoms with E-state index in [2.05, 4.69) is 9.88 Å². The molecule has 1 atom stereocenters. The molecule has 1 fully saturated rings. The smallest absolute Gasteiger partial charge is 0.380 e. The fourth-order valence-electron chi connectivity index (χ4n) is 5.18. The Kier molecular flexibility index (Phi) is 7.01. The first-order chi connectivity index (χ1) is 16.4. The molecule has 0 spiro atoms. The van der Waals surface area contributed by atoms with E-state index in [0.29, 0.717) is 30.0 Å². The lowest BCUT2D eigenvalue weighted by atomic mass is 9.72. The molecule has 0 bridgehead atoms. The minimum atomic E-state index is -4.87. The predicted octanol–water partition coefficient (Wildman–Crippen LogP) is 5.65. The molecule has 0 radical (unpaired) electrons. The topological polar surface area (TPSA) is 48.5 Å². The molecule has 2 aromatic carbocycles. The second-order valence-corrected chi connectivity index (χ2v) is 10.3. The highest BCUT2D eigenvalue weighted by Gasteiger charge is 2.56. The summed E-state index contributed by atoms with van der Waals surface area (Å²) in [5.74, 6) is -0.516. The van der Waals surface area contributed by atoms with Crippen LogP contribution in [0.15, 0.2) is 42.5 Å². The molecule has 35 heavy (non-hydrogen) atoms. The van der Waals surface area contributed by atoms with E-state index in [0.717, 1.165) is 36.1 Å². The Morgan fingerprint density at radius 2 is 1.74 bits per heavy atom. The number of aromatic amines is 1. The van der Waals surface area contributed by atoms with Crippen LogP contribution in [0.4, 0.5) is 17.6 Å². The Labute approximate surface area is 202 Å². The van der Waals surface area contributed by atoms with Gasteiger partial charge in [-0.15, -0.1) is 0 Å². The average molecular weight is 493 g/mol. The highest BCUT2D eigenvalue weighted by atomic mass is 19.4. The molecule has 1 unspecified atom stereocenters. The van der Waals surface area contributed by atoms with Crippen molar-refractivity contribution in [2.75, 3.05) is 26.3 Å². The van der Waals surface area contributed by atoms with Crippen LogP contribution in [0.25, 0.3) is 10.9 Å². The third-order valence-electron chi connectivity index (χ3n) is 6.92. The lowest BCUT2D eigenvalue weighted by Crippen LogP contribution is -2.51. The maximum Gasteiger partial charge on any atom is 0.417 e. The Balaban J connectivity index is 1.59. The number of rotatable bonds is 7. The van der Waals surface area contributed by atoms with Gasteiger partial charge in [-0.2, -0.15) is 13.2 Å². The van der Waals surface area contributed by atoms with E-state index in [-0.39, 0.29) is 0 Å². The number of hydrogen-bond donors (Lipinski definition) is 2. The SMILES string of the molecule is Cc1ccc(F)cc1C(C)(C)CC(O)(Cc1cc2cc(CN3CCOCC3)ccc2[nH]1)C(F)(F)F. The average Bonchev–Trinajstić information content (AvgIpc) is 3.16. The van der Waals surface area contributed by atoms with E-state index in [1.54, 1.807) is 32.9 Å². The first kappa shape index (κ1) is 25.7. The van der Waals surface area contributed by atoms with Gasteiger partial charge in [0.05, 0.1) is 13.2 Å². The number of aliphatic hydroxyl groups is 1. The van der Waals surface area contributed by atoms with Crippen molar-refractivity contribution >= 4 is 10.9 Å². The Morgan fingerprint density at radius 1 is 1.03 bits per heavy atom. The van der Waals surface area contributed by atoms with Crippen LogP contribution >= 0.6 is 0 Å². The van der Waals surface area contributed by atoms with Gasteiger partial charge in [-0.25, -0.2) is 4.39 Å². The second kappa shape index (κ2) is 9.56. The first-order valence-electron chi connectivity index (χ1n) is 11.8. The maximum absolute atomic E-state index is 14.2. The van der Waals surface area contributed by atoms with Gasteiger partial charge in [0, 0.05) is 37.3 Å². The molecule has 0 saturated carbocycles. The quantitative estimate of drug-likeness (QED) is 0.419. The molecule has 4 rings (SSSR count). The molecule has 1 aliphatic rings. The number of ether oxygens (including phenoxy) is 1. The number of alkyl halides is 3. The van der Waals surface area contributed by atoms with Gasteiger partial charge in [-0.05, 0) is 71.2 Å². The van der Waals surface area contributed by atoms with Crippen LogP contribution in [0.2, 0.25) is 0 Å². The van der Waals surface area contributed by atoms with Crippen LogP contribution in [0, 0.1) is 12.7 Å². The number of fused-ring (bicyclic) bond motifs is 1. The van der Waals surface area contributed by atoms with Gasteiger partial charge in [0.25, 0.3) is 0 Å². The predicted molar refractivity (Wildman–Crippen MR) is 128 cm³/mol. The summed E-state index contributed by atoms with van der Waals surface area (Å²) in [5.41, 5.74) is -0.895. The number of nitrogens with zero attached hydrogens (tertiary/aromatic N) is 1. The second-order valence-electron chi connectivity index (χ2n) is 10.3. The number of nitrogens with one attached hydrogen (secondary N) is 1. The summed E-state index contributed by atoms with van der Waals surface area (Å²) in [6, 6.07) is 11.6. The van der Waals surface area contributed by atoms with Crippen molar-refractivity contribution in [1.29, 1.82) is 0 Å². The molecular formula is C27H32F4N2O2. The van der Waals surface area contributed by atoms with Crippen molar-refractivity contribution in [3.8, 4) is 0 Å². The number of hydrogen-bond acceptors (Lipinski definition) is 3. The van der Waals surface area contributed by atoms with Crippen molar-refractivity contribution in [2.24, 2.45) is 0 Å². The van der Waals surface area contributed by atoms with Crippen molar-refractivity contribution in [3.05, 3.63) is 70.7 Å². The number of H-pyrrole nitrogens is 1. The highest BCUT2D eigenvalue weighted by molar-refractivity contribution is 5.81. The van der Waals surface area contributed by atoms with E-state index in [9.17, 15) is 22.7 Å². The molecule has 0 aliphatic carbocycles. The number of halogens is 4. The summed E-state index contributed by atoms with van der Waals surface area (Å²) in [5, 5.41) is 11.8. The molecular weight excluding hydrogens is 460 g/mol. The molecule has 0 amide bonds. The molecule has 190 valence electrons. The lowest BCUT2D eigenvalue weighted by molar-refractivity contribution is -0.266. The largest absolute Gasteiger partial charge is 0.417 e. The van der Waals surface area contributed by atoms with E-state index in [4.69, 9.17) is 4.74 Å². The number of aryl methyl sites for hydroxylation is 1. The summed E-state index contributed by atoms with van der Waals surface area (Å²) in [4.78, 5) is 5.32. The van der Waals surface area contributed by atoms with Crippen molar-refractivity contribution in [2.45, 2.75) is 57.3 Å². The lowest BCUT2D eigenvalue weighted by Gasteiger charge is -2.38. The van der Waals surface area contributed by atoms with Crippen LogP contribution in [0.3, 0.4) is 0 Å². The third-order valence-corrected chi connectivity index (χ3v) is 6.92. The Bertz CT molecular complexity index is 1180. The van der Waals surface area contributed by atoms with E-state index < -0.39 is 35.9 Å². The minimum Gasteiger partial charge on any atom is -0.380 e. The van der Waals surface area contributed by atoms with Crippen LogP contribution in [-0.4, -0.2) is 53.1 Å². The molecule has 1 aliphatic heterocycles. The van der Waals surface area contributed by atoms with Gasteiger partial charge in [0.1, 0.15) is 5.82 Å². The molecule has 8 heteroatoms. The van der Waals surface area contributed by atoms with Gasteiger partial charge >= 0.3 is 6.18 Å². The number of benzene rings is 2. The van der Waals surface area contributed by atoms with Gasteiger partial charge in [-0.3, -0.25) is 4.90 Å². The fraction of sp³-hybridized carbons (Fsp3) is 0.481. The first-order valence-corrected chi connectivity index (χ1v) is 11.8. The van der Waals surface area contributed by atoms with Crippen LogP contribution in [0.5, 0.6) is 0 Å². The van der Waals surface area contributed by atoms with Gasteiger partial charge in [0.2, 0.25) is 0 Å². The van der Waals surface area contributed by atoms with Crippen LogP contribution in [0.1, 0.15) is 42.7 Å². The summed E-state index contributed by atoms with van der Waals surface area (Å²) < 4.78 is 62.0. The highest BCUT2D eigenvalue weighted by Crippen LogP contribution is 2.44. The van der Waals surface area contributed by atoms with Gasteiger partial charge in [-0.1, -0.05) is 26.0 Å². The van der Waals surface area contributed by atoms with E-state index >= 15 is 0 Å². The van der Waals surface area contributed by atoms with Crippen LogP contribution < -0.4 is 0 Å². The zero-order valence-corrected chi connectivity index (χ0v) is 20.3. The molecule has 2 heterocycles. The zero-order valence-electron chi connectivity index (χ0n) is 20.3. The molecule has 1 saturated heterocycles. The maximum atomic E-state index is 14.2. The number of aromatic nitrogens is 1. The van der Waals surface area contributed by atoms with Gasteiger partial charge < -0.3 is 14.8 Å². The fourth-order valence-corrected chi connectivity index (χ4v) is 5.18. The van der Waals surface area contributed by atoms with Crippen molar-refractivity contribution in [3.63, 3.8) is 0 Å². The van der Waals surface area contributed by atoms with Crippen molar-refractivity contribution in [1.82, 2.24) is 9.88 Å². The van der Waals surface area contributed by atoms with E-state index in [1.807, 2.05) is 18.2 Å². The summed E-state index contributed by atoms with van der Waals surface area (Å²) in [6.45, 7) is 8.76. The summed E-state index contributed by atoms with van der Waals surface area (Å²) in [7, 11) is 0. The standard InChI is InChI=1S/C27H32F4N2O2/c1-18-4-6-21(28)14-23(18)25(2,3)17-26(34,27(29,30)31)15-22-13-20-12-19(5-7-24(20)32-22)16-33-8-10-35-11-9-33/h4-7,12-14,32,34H,8-11,15-17H2,1-3H3. The normalized spacial score (nSPS) is 17.6. The van der Waals surface area contributed by atoms with Crippen LogP contribution in [-0.2, 0) is 23.1 Å². The Hall–Kier alpha value is -2.42. The third kappa shape index (κ3) is 5.71. The van der Waals surface area contributed by atoms with Crippen molar-refractivity contribution < 1.29 is 27.4 Å². The Morgan fingerprint density at radius 3 is 2.43 bits per heavy atom. The molecule has 3 aromatic rings. The molecule has 1 aromatic heterocycles. The zero-order chi connectivity index (χ0) is 25.4. The monoisotopic (exact) mass is 492 g/mol. The minimum absolute atomic E-state index is 0.301. The summed E-state index contributed by atoms with van der Waals surface area (Å²) in [6.07, 6.45) is -6.10. The number of morpholine rings is 1. The van der Waals surface area contributed by atoms with E-state index in [1.165, 1.54) is 12.1 Å². The molecule has 2 N–H and O–H groups in total. The molecule has 4 nitrogen and oxygen atoms in total. The van der Waals surface area contributed by atoms with Gasteiger partial charge in [0.15, 0.2) is 5.60 Å².